The summed E-state index contributed by atoms with van der Waals surface area (Å²) in [7, 11) is 1.57. The van der Waals surface area contributed by atoms with Crippen LogP contribution in [0.15, 0.2) is 48.5 Å². The number of primary amides is 1. The van der Waals surface area contributed by atoms with Crippen molar-refractivity contribution < 1.29 is 23.9 Å². The minimum absolute atomic E-state index is 0.130. The third kappa shape index (κ3) is 5.85. The number of carbonyl (C=O) groups excluding carboxylic acids is 3. The highest BCUT2D eigenvalue weighted by atomic mass is 16.5. The average Bonchev–Trinajstić information content (AvgIpc) is 2.66. The average molecular weight is 370 g/mol. The third-order valence-electron chi connectivity index (χ3n) is 3.91. The molecule has 2 aromatic rings. The lowest BCUT2D eigenvalue weighted by molar-refractivity contribution is -0.153. The molecule has 1 atom stereocenters. The molecule has 2 amide bonds. The van der Waals surface area contributed by atoms with Gasteiger partial charge in [-0.05, 0) is 49.2 Å². The molecule has 0 bridgehead atoms. The highest BCUT2D eigenvalue weighted by molar-refractivity contribution is 5.96. The summed E-state index contributed by atoms with van der Waals surface area (Å²) < 4.78 is 10.4. The molecule has 0 aliphatic rings. The van der Waals surface area contributed by atoms with Gasteiger partial charge in [-0.2, -0.15) is 0 Å². The van der Waals surface area contributed by atoms with E-state index in [2.05, 4.69) is 5.32 Å². The molecule has 0 unspecified atom stereocenters. The van der Waals surface area contributed by atoms with Crippen LogP contribution >= 0.6 is 0 Å². The Hall–Kier alpha value is -3.35. The molecule has 2 rings (SSSR count). The largest absolute Gasteiger partial charge is 0.496 e. The lowest BCUT2D eigenvalue weighted by atomic mass is 10.1. The molecule has 27 heavy (non-hydrogen) atoms. The molecule has 0 aromatic heterocycles. The van der Waals surface area contributed by atoms with Crippen molar-refractivity contribution in [3.63, 3.8) is 0 Å². The van der Waals surface area contributed by atoms with Crippen LogP contribution in [0.2, 0.25) is 0 Å². The van der Waals surface area contributed by atoms with E-state index in [1.54, 1.807) is 19.2 Å². The van der Waals surface area contributed by atoms with Gasteiger partial charge in [-0.3, -0.25) is 14.4 Å². The Labute approximate surface area is 157 Å². The zero-order chi connectivity index (χ0) is 19.8. The summed E-state index contributed by atoms with van der Waals surface area (Å²) in [6, 6.07) is 13.5. The van der Waals surface area contributed by atoms with Gasteiger partial charge in [0.05, 0.1) is 7.11 Å². The SMILES string of the molecule is COc1ccccc1CCC(=O)O[C@@H](C)C(=O)Nc1ccc(C(N)=O)cc1. The first-order valence-corrected chi connectivity index (χ1v) is 8.43. The van der Waals surface area contributed by atoms with Crippen LogP contribution < -0.4 is 15.8 Å². The van der Waals surface area contributed by atoms with E-state index >= 15 is 0 Å². The minimum atomic E-state index is -0.953. The van der Waals surface area contributed by atoms with Crippen LogP contribution in [0.1, 0.15) is 29.3 Å². The number of hydrogen-bond donors (Lipinski definition) is 2. The number of anilines is 1. The third-order valence-corrected chi connectivity index (χ3v) is 3.91. The minimum Gasteiger partial charge on any atom is -0.496 e. The number of benzene rings is 2. The number of amides is 2. The number of hydrogen-bond acceptors (Lipinski definition) is 5. The number of rotatable bonds is 8. The standard InChI is InChI=1S/C20H22N2O5/c1-13(20(25)22-16-10-7-15(8-11-16)19(21)24)27-18(23)12-9-14-5-3-4-6-17(14)26-2/h3-8,10-11,13H,9,12H2,1-2H3,(H2,21,24)(H,22,25)/t13-/m0/s1. The molecular weight excluding hydrogens is 348 g/mol. The van der Waals surface area contributed by atoms with Gasteiger partial charge < -0.3 is 20.5 Å². The van der Waals surface area contributed by atoms with Crippen molar-refractivity contribution in [2.75, 3.05) is 12.4 Å². The number of methoxy groups -OCH3 is 1. The second-order valence-corrected chi connectivity index (χ2v) is 5.87. The fourth-order valence-electron chi connectivity index (χ4n) is 2.42. The molecule has 0 saturated heterocycles. The second-order valence-electron chi connectivity index (χ2n) is 5.87. The topological polar surface area (TPSA) is 108 Å². The van der Waals surface area contributed by atoms with Crippen LogP contribution in [-0.2, 0) is 20.7 Å². The summed E-state index contributed by atoms with van der Waals surface area (Å²) in [4.78, 5) is 35.2. The van der Waals surface area contributed by atoms with Crippen molar-refractivity contribution in [2.45, 2.75) is 25.9 Å². The summed E-state index contributed by atoms with van der Waals surface area (Å²) in [6.45, 7) is 1.49. The van der Waals surface area contributed by atoms with Gasteiger partial charge in [0.15, 0.2) is 6.10 Å². The number of aryl methyl sites for hydroxylation is 1. The quantitative estimate of drug-likeness (QED) is 0.693. The lowest BCUT2D eigenvalue weighted by Gasteiger charge is -2.14. The van der Waals surface area contributed by atoms with E-state index in [1.165, 1.54) is 19.1 Å². The van der Waals surface area contributed by atoms with Crippen LogP contribution in [0.5, 0.6) is 5.75 Å². The van der Waals surface area contributed by atoms with Crippen LogP contribution in [0.4, 0.5) is 5.69 Å². The first-order valence-electron chi connectivity index (χ1n) is 8.43. The summed E-state index contributed by atoms with van der Waals surface area (Å²) >= 11 is 0. The Balaban J connectivity index is 1.84. The predicted octanol–water partition coefficient (Wildman–Crippen LogP) is 2.30. The van der Waals surface area contributed by atoms with Gasteiger partial charge in [-0.15, -0.1) is 0 Å². The zero-order valence-electron chi connectivity index (χ0n) is 15.2. The molecule has 0 saturated carbocycles. The van der Waals surface area contributed by atoms with Crippen LogP contribution in [-0.4, -0.2) is 31.0 Å². The molecule has 0 radical (unpaired) electrons. The maximum atomic E-state index is 12.1. The molecule has 2 aromatic carbocycles. The van der Waals surface area contributed by atoms with Gasteiger partial charge in [0.1, 0.15) is 5.75 Å². The van der Waals surface area contributed by atoms with Crippen LogP contribution in [0, 0.1) is 0 Å². The Morgan fingerprint density at radius 1 is 1.07 bits per heavy atom. The van der Waals surface area contributed by atoms with E-state index in [1.807, 2.05) is 24.3 Å². The summed E-state index contributed by atoms with van der Waals surface area (Å²) in [5.41, 5.74) is 6.87. The van der Waals surface area contributed by atoms with Gasteiger partial charge >= 0.3 is 5.97 Å². The van der Waals surface area contributed by atoms with Crippen molar-refractivity contribution in [1.82, 2.24) is 0 Å². The molecular formula is C20H22N2O5. The van der Waals surface area contributed by atoms with Gasteiger partial charge in [0, 0.05) is 17.7 Å². The lowest BCUT2D eigenvalue weighted by Crippen LogP contribution is -2.30. The van der Waals surface area contributed by atoms with Gasteiger partial charge in [0.25, 0.3) is 5.91 Å². The Morgan fingerprint density at radius 3 is 2.37 bits per heavy atom. The second kappa shape index (κ2) is 9.38. The molecule has 0 spiro atoms. The van der Waals surface area contributed by atoms with Crippen molar-refractivity contribution in [2.24, 2.45) is 5.73 Å². The highest BCUT2D eigenvalue weighted by Crippen LogP contribution is 2.19. The number of ether oxygens (including phenoxy) is 2. The van der Waals surface area contributed by atoms with E-state index in [0.29, 0.717) is 23.4 Å². The highest BCUT2D eigenvalue weighted by Gasteiger charge is 2.18. The van der Waals surface area contributed by atoms with E-state index in [4.69, 9.17) is 15.2 Å². The van der Waals surface area contributed by atoms with Crippen LogP contribution in [0.3, 0.4) is 0 Å². The fourth-order valence-corrected chi connectivity index (χ4v) is 2.42. The summed E-state index contributed by atoms with van der Waals surface area (Å²) in [5.74, 6) is -0.791. The Morgan fingerprint density at radius 2 is 1.74 bits per heavy atom. The van der Waals surface area contributed by atoms with E-state index in [-0.39, 0.29) is 6.42 Å². The molecule has 0 aliphatic heterocycles. The molecule has 3 N–H and O–H groups in total. The number of nitrogens with two attached hydrogens (primary N) is 1. The van der Waals surface area contributed by atoms with Crippen molar-refractivity contribution >= 4 is 23.5 Å². The molecule has 0 fully saturated rings. The maximum absolute atomic E-state index is 12.1. The molecule has 7 nitrogen and oxygen atoms in total. The Bertz CT molecular complexity index is 817. The monoisotopic (exact) mass is 370 g/mol. The normalized spacial score (nSPS) is 11.3. The number of esters is 1. The van der Waals surface area contributed by atoms with E-state index < -0.39 is 23.9 Å². The molecule has 7 heteroatoms. The fraction of sp³-hybridized carbons (Fsp3) is 0.250. The Kier molecular flexibility index (Phi) is 6.93. The van der Waals surface area contributed by atoms with Crippen LogP contribution in [0.25, 0.3) is 0 Å². The van der Waals surface area contributed by atoms with E-state index in [0.717, 1.165) is 5.56 Å². The van der Waals surface area contributed by atoms with Crippen molar-refractivity contribution in [1.29, 1.82) is 0 Å². The number of para-hydroxylation sites is 1. The summed E-state index contributed by atoms with van der Waals surface area (Å²) in [6.07, 6.45) is -0.372. The van der Waals surface area contributed by atoms with E-state index in [9.17, 15) is 14.4 Å². The molecule has 142 valence electrons. The van der Waals surface area contributed by atoms with Gasteiger partial charge in [-0.25, -0.2) is 0 Å². The predicted molar refractivity (Wildman–Crippen MR) is 100 cm³/mol. The van der Waals surface area contributed by atoms with Crippen molar-refractivity contribution in [3.05, 3.63) is 59.7 Å². The first kappa shape index (κ1) is 20.0. The number of nitrogens with one attached hydrogen (secondary N) is 1. The zero-order valence-corrected chi connectivity index (χ0v) is 15.2. The number of carbonyl (C=O) groups is 3. The van der Waals surface area contributed by atoms with Gasteiger partial charge in [-0.1, -0.05) is 18.2 Å². The summed E-state index contributed by atoms with van der Waals surface area (Å²) in [5, 5.41) is 2.62. The van der Waals surface area contributed by atoms with Crippen molar-refractivity contribution in [3.8, 4) is 5.75 Å². The molecule has 0 heterocycles. The smallest absolute Gasteiger partial charge is 0.306 e. The molecule has 0 aliphatic carbocycles. The first-order chi connectivity index (χ1) is 12.9. The van der Waals surface area contributed by atoms with Gasteiger partial charge in [0.2, 0.25) is 5.91 Å². The maximum Gasteiger partial charge on any atom is 0.306 e.